The Labute approximate surface area is 71.4 Å². The minimum atomic E-state index is -0.653. The van der Waals surface area contributed by atoms with Gasteiger partial charge in [0.2, 0.25) is 0 Å². The summed E-state index contributed by atoms with van der Waals surface area (Å²) >= 11 is 1.93. The van der Waals surface area contributed by atoms with Gasteiger partial charge in [-0.3, -0.25) is 4.79 Å². The molecule has 1 aliphatic heterocycles. The monoisotopic (exact) mass is 174 g/mol. The van der Waals surface area contributed by atoms with Crippen LogP contribution in [0.4, 0.5) is 0 Å². The summed E-state index contributed by atoms with van der Waals surface area (Å²) in [5.74, 6) is 1.60. The molecule has 64 valence electrons. The zero-order chi connectivity index (χ0) is 8.32. The van der Waals surface area contributed by atoms with E-state index in [1.165, 1.54) is 0 Å². The molecule has 1 fully saturated rings. The van der Waals surface area contributed by atoms with E-state index in [-0.39, 0.29) is 5.41 Å². The average molecular weight is 174 g/mol. The third kappa shape index (κ3) is 2.73. The first-order valence-electron chi connectivity index (χ1n) is 3.92. The Bertz CT molecular complexity index is 150. The predicted octanol–water partition coefficient (Wildman–Crippen LogP) is 1.99. The van der Waals surface area contributed by atoms with Crippen LogP contribution in [0, 0.1) is 5.41 Å². The minimum absolute atomic E-state index is 0.0804. The van der Waals surface area contributed by atoms with E-state index in [4.69, 9.17) is 5.11 Å². The number of thioether (sulfide) groups is 1. The maximum Gasteiger partial charge on any atom is 0.303 e. The van der Waals surface area contributed by atoms with Gasteiger partial charge in [0.15, 0.2) is 0 Å². The van der Waals surface area contributed by atoms with E-state index in [2.05, 4.69) is 6.92 Å². The van der Waals surface area contributed by atoms with Gasteiger partial charge >= 0.3 is 5.97 Å². The van der Waals surface area contributed by atoms with Gasteiger partial charge in [0, 0.05) is 0 Å². The van der Waals surface area contributed by atoms with Crippen molar-refractivity contribution in [1.29, 1.82) is 0 Å². The molecule has 0 aliphatic carbocycles. The van der Waals surface area contributed by atoms with E-state index in [1.54, 1.807) is 0 Å². The number of carbonyl (C=O) groups is 1. The first-order chi connectivity index (χ1) is 5.12. The van der Waals surface area contributed by atoms with Crippen LogP contribution in [0.25, 0.3) is 0 Å². The number of carboxylic acid groups (broad SMARTS) is 1. The summed E-state index contributed by atoms with van der Waals surface area (Å²) in [6.07, 6.45) is 2.46. The lowest BCUT2D eigenvalue weighted by atomic mass is 9.81. The van der Waals surface area contributed by atoms with E-state index in [1.807, 2.05) is 11.8 Å². The van der Waals surface area contributed by atoms with E-state index < -0.39 is 5.97 Å². The van der Waals surface area contributed by atoms with Crippen LogP contribution in [-0.4, -0.2) is 22.6 Å². The van der Waals surface area contributed by atoms with Crippen molar-refractivity contribution >= 4 is 17.7 Å². The molecule has 0 unspecified atom stereocenters. The summed E-state index contributed by atoms with van der Waals surface area (Å²) in [7, 11) is 0. The predicted molar refractivity (Wildman–Crippen MR) is 46.9 cm³/mol. The van der Waals surface area contributed by atoms with Crippen molar-refractivity contribution < 1.29 is 9.90 Å². The van der Waals surface area contributed by atoms with Gasteiger partial charge in [0.05, 0.1) is 6.42 Å². The van der Waals surface area contributed by atoms with Gasteiger partial charge in [-0.25, -0.2) is 0 Å². The highest BCUT2D eigenvalue weighted by Crippen LogP contribution is 2.37. The Hall–Kier alpha value is -0.180. The van der Waals surface area contributed by atoms with Crippen molar-refractivity contribution in [3.05, 3.63) is 0 Å². The van der Waals surface area contributed by atoms with Gasteiger partial charge in [-0.15, -0.1) is 0 Å². The second kappa shape index (κ2) is 3.48. The molecule has 0 aromatic rings. The van der Waals surface area contributed by atoms with Gasteiger partial charge in [-0.05, 0) is 29.8 Å². The topological polar surface area (TPSA) is 37.3 Å². The van der Waals surface area contributed by atoms with E-state index in [9.17, 15) is 4.79 Å². The molecule has 0 spiro atoms. The van der Waals surface area contributed by atoms with Crippen molar-refractivity contribution in [1.82, 2.24) is 0 Å². The smallest absolute Gasteiger partial charge is 0.303 e. The normalized spacial score (nSPS) is 23.0. The first kappa shape index (κ1) is 8.91. The molecule has 0 aromatic heterocycles. The van der Waals surface area contributed by atoms with Crippen LogP contribution in [0.1, 0.15) is 26.2 Å². The fourth-order valence-electron chi connectivity index (χ4n) is 1.41. The van der Waals surface area contributed by atoms with Gasteiger partial charge < -0.3 is 5.11 Å². The lowest BCUT2D eigenvalue weighted by Gasteiger charge is -2.31. The summed E-state index contributed by atoms with van der Waals surface area (Å²) < 4.78 is 0. The molecule has 2 nitrogen and oxygen atoms in total. The zero-order valence-corrected chi connectivity index (χ0v) is 7.62. The van der Waals surface area contributed by atoms with E-state index in [0.717, 1.165) is 24.3 Å². The van der Waals surface area contributed by atoms with Crippen LogP contribution in [-0.2, 0) is 4.79 Å². The molecule has 0 atom stereocenters. The molecule has 3 heteroatoms. The molecule has 0 saturated carbocycles. The fraction of sp³-hybridized carbons (Fsp3) is 0.875. The van der Waals surface area contributed by atoms with Gasteiger partial charge in [0.25, 0.3) is 0 Å². The second-order valence-electron chi connectivity index (χ2n) is 3.49. The number of hydrogen-bond donors (Lipinski definition) is 1. The van der Waals surface area contributed by atoms with Crippen LogP contribution in [0.2, 0.25) is 0 Å². The van der Waals surface area contributed by atoms with Crippen molar-refractivity contribution in [2.75, 3.05) is 11.5 Å². The molecule has 0 radical (unpaired) electrons. The van der Waals surface area contributed by atoms with E-state index in [0.29, 0.717) is 6.42 Å². The van der Waals surface area contributed by atoms with Gasteiger partial charge in [-0.1, -0.05) is 6.92 Å². The maximum absolute atomic E-state index is 10.5. The van der Waals surface area contributed by atoms with Gasteiger partial charge in [-0.2, -0.15) is 11.8 Å². The highest BCUT2D eigenvalue weighted by atomic mass is 32.2. The number of rotatable bonds is 2. The Kier molecular flexibility index (Phi) is 2.82. The number of hydrogen-bond acceptors (Lipinski definition) is 2. The third-order valence-corrected chi connectivity index (χ3v) is 3.26. The Morgan fingerprint density at radius 3 is 2.55 bits per heavy atom. The molecule has 1 heterocycles. The fourth-order valence-corrected chi connectivity index (χ4v) is 2.88. The van der Waals surface area contributed by atoms with E-state index >= 15 is 0 Å². The SMILES string of the molecule is CC1(CC(=O)O)CCSCC1. The number of carboxylic acids is 1. The Morgan fingerprint density at radius 1 is 1.55 bits per heavy atom. The average Bonchev–Trinajstić information content (AvgIpc) is 1.85. The molecule has 0 amide bonds. The standard InChI is InChI=1S/C8H14O2S/c1-8(6-7(9)10)2-4-11-5-3-8/h2-6H2,1H3,(H,9,10). The van der Waals surface area contributed by atoms with Crippen molar-refractivity contribution in [3.8, 4) is 0 Å². The minimum Gasteiger partial charge on any atom is -0.481 e. The van der Waals surface area contributed by atoms with Crippen molar-refractivity contribution in [3.63, 3.8) is 0 Å². The van der Waals surface area contributed by atoms with Crippen LogP contribution < -0.4 is 0 Å². The number of aliphatic carboxylic acids is 1. The lowest BCUT2D eigenvalue weighted by molar-refractivity contribution is -0.139. The first-order valence-corrected chi connectivity index (χ1v) is 5.07. The molecule has 1 rings (SSSR count). The molecule has 11 heavy (non-hydrogen) atoms. The molecule has 1 N–H and O–H groups in total. The third-order valence-electron chi connectivity index (χ3n) is 2.28. The summed E-state index contributed by atoms with van der Waals surface area (Å²) in [5, 5.41) is 8.62. The largest absolute Gasteiger partial charge is 0.481 e. The van der Waals surface area contributed by atoms with Gasteiger partial charge in [0.1, 0.15) is 0 Å². The summed E-state index contributed by atoms with van der Waals surface area (Å²) in [4.78, 5) is 10.5. The van der Waals surface area contributed by atoms with Crippen LogP contribution in [0.5, 0.6) is 0 Å². The molecular weight excluding hydrogens is 160 g/mol. The molecular formula is C8H14O2S. The highest BCUT2D eigenvalue weighted by Gasteiger charge is 2.29. The van der Waals surface area contributed by atoms with Crippen LogP contribution in [0.15, 0.2) is 0 Å². The van der Waals surface area contributed by atoms with Crippen LogP contribution in [0.3, 0.4) is 0 Å². The quantitative estimate of drug-likeness (QED) is 0.695. The molecule has 0 bridgehead atoms. The summed E-state index contributed by atoms with van der Waals surface area (Å²) in [6, 6.07) is 0. The molecule has 1 saturated heterocycles. The maximum atomic E-state index is 10.5. The Morgan fingerprint density at radius 2 is 2.09 bits per heavy atom. The summed E-state index contributed by atoms with van der Waals surface area (Å²) in [5.41, 5.74) is 0.0804. The summed E-state index contributed by atoms with van der Waals surface area (Å²) in [6.45, 7) is 2.08. The van der Waals surface area contributed by atoms with Crippen molar-refractivity contribution in [2.24, 2.45) is 5.41 Å². The lowest BCUT2D eigenvalue weighted by Crippen LogP contribution is -2.25. The zero-order valence-electron chi connectivity index (χ0n) is 6.80. The highest BCUT2D eigenvalue weighted by molar-refractivity contribution is 7.99. The Balaban J connectivity index is 2.43. The second-order valence-corrected chi connectivity index (χ2v) is 4.72. The van der Waals surface area contributed by atoms with Crippen molar-refractivity contribution in [2.45, 2.75) is 26.2 Å². The molecule has 1 aliphatic rings. The van der Waals surface area contributed by atoms with Crippen LogP contribution >= 0.6 is 11.8 Å². The molecule has 0 aromatic carbocycles.